The fraction of sp³-hybridized carbons (Fsp3) is 0.467. The first-order valence-corrected chi connectivity index (χ1v) is 6.82. The largest absolute Gasteiger partial charge is 0.478 e. The van der Waals surface area contributed by atoms with E-state index < -0.39 is 5.97 Å². The van der Waals surface area contributed by atoms with E-state index in [4.69, 9.17) is 10.8 Å². The Morgan fingerprint density at radius 3 is 2.80 bits per heavy atom. The molecular formula is C15H22N2O3. The van der Waals surface area contributed by atoms with Crippen LogP contribution in [-0.4, -0.2) is 30.1 Å². The Balaban J connectivity index is 2.32. The second-order valence-corrected chi connectivity index (χ2v) is 4.99. The van der Waals surface area contributed by atoms with Crippen molar-refractivity contribution in [2.75, 3.05) is 13.1 Å². The highest BCUT2D eigenvalue weighted by molar-refractivity contribution is 5.87. The third-order valence-corrected chi connectivity index (χ3v) is 3.18. The summed E-state index contributed by atoms with van der Waals surface area (Å²) in [6.45, 7) is 3.12. The Labute approximate surface area is 119 Å². The second-order valence-electron chi connectivity index (χ2n) is 4.99. The quantitative estimate of drug-likeness (QED) is 0.670. The summed E-state index contributed by atoms with van der Waals surface area (Å²) in [5, 5.41) is 11.7. The number of amides is 1. The molecule has 0 radical (unpaired) electrons. The van der Waals surface area contributed by atoms with Crippen molar-refractivity contribution in [2.45, 2.75) is 26.2 Å². The zero-order valence-corrected chi connectivity index (χ0v) is 11.8. The predicted molar refractivity (Wildman–Crippen MR) is 77.6 cm³/mol. The summed E-state index contributed by atoms with van der Waals surface area (Å²) >= 11 is 0. The van der Waals surface area contributed by atoms with E-state index in [-0.39, 0.29) is 11.5 Å². The minimum absolute atomic E-state index is 0.0136. The molecule has 0 saturated heterocycles. The van der Waals surface area contributed by atoms with Crippen LogP contribution in [0.5, 0.6) is 0 Å². The smallest absolute Gasteiger partial charge is 0.335 e. The van der Waals surface area contributed by atoms with E-state index in [0.29, 0.717) is 31.8 Å². The number of rotatable bonds is 8. The number of carboxylic acid groups (broad SMARTS) is 1. The Kier molecular flexibility index (Phi) is 6.73. The highest BCUT2D eigenvalue weighted by atomic mass is 16.4. The van der Waals surface area contributed by atoms with Gasteiger partial charge in [0.15, 0.2) is 0 Å². The molecule has 0 spiro atoms. The lowest BCUT2D eigenvalue weighted by molar-refractivity contribution is -0.121. The van der Waals surface area contributed by atoms with Gasteiger partial charge in [0.05, 0.1) is 5.56 Å². The molecular weight excluding hydrogens is 256 g/mol. The van der Waals surface area contributed by atoms with Gasteiger partial charge in [-0.1, -0.05) is 19.1 Å². The number of carbonyl (C=O) groups is 2. The lowest BCUT2D eigenvalue weighted by Crippen LogP contribution is -2.26. The van der Waals surface area contributed by atoms with Gasteiger partial charge in [-0.15, -0.1) is 0 Å². The molecule has 0 aliphatic carbocycles. The van der Waals surface area contributed by atoms with E-state index in [2.05, 4.69) is 5.32 Å². The zero-order valence-electron chi connectivity index (χ0n) is 11.8. The SMILES string of the molecule is CC(CN)CCC(=O)NCCc1cccc(C(=O)O)c1. The van der Waals surface area contributed by atoms with E-state index in [0.717, 1.165) is 12.0 Å². The number of carboxylic acids is 1. The molecule has 1 aromatic carbocycles. The predicted octanol–water partition coefficient (Wildman–Crippen LogP) is 1.42. The third-order valence-electron chi connectivity index (χ3n) is 3.18. The summed E-state index contributed by atoms with van der Waals surface area (Å²) in [7, 11) is 0. The van der Waals surface area contributed by atoms with Crippen molar-refractivity contribution in [3.8, 4) is 0 Å². The summed E-state index contributed by atoms with van der Waals surface area (Å²) < 4.78 is 0. The van der Waals surface area contributed by atoms with Crippen molar-refractivity contribution in [1.29, 1.82) is 0 Å². The maximum Gasteiger partial charge on any atom is 0.335 e. The number of nitrogens with one attached hydrogen (secondary N) is 1. The number of hydrogen-bond donors (Lipinski definition) is 3. The first kappa shape index (κ1) is 16.2. The molecule has 110 valence electrons. The van der Waals surface area contributed by atoms with E-state index in [1.807, 2.05) is 13.0 Å². The average molecular weight is 278 g/mol. The molecule has 1 atom stereocenters. The fourth-order valence-corrected chi connectivity index (χ4v) is 1.79. The lowest BCUT2D eigenvalue weighted by Gasteiger charge is -2.09. The van der Waals surface area contributed by atoms with Crippen LogP contribution in [0.3, 0.4) is 0 Å². The van der Waals surface area contributed by atoms with Gasteiger partial charge in [0, 0.05) is 13.0 Å². The van der Waals surface area contributed by atoms with Crippen molar-refractivity contribution >= 4 is 11.9 Å². The Morgan fingerprint density at radius 2 is 2.15 bits per heavy atom. The molecule has 1 rings (SSSR count). The van der Waals surface area contributed by atoms with Crippen molar-refractivity contribution in [3.05, 3.63) is 35.4 Å². The van der Waals surface area contributed by atoms with Gasteiger partial charge in [0.1, 0.15) is 0 Å². The molecule has 0 bridgehead atoms. The topological polar surface area (TPSA) is 92.4 Å². The number of carbonyl (C=O) groups excluding carboxylic acids is 1. The monoisotopic (exact) mass is 278 g/mol. The van der Waals surface area contributed by atoms with Crippen molar-refractivity contribution in [3.63, 3.8) is 0 Å². The lowest BCUT2D eigenvalue weighted by atomic mass is 10.1. The number of hydrogen-bond acceptors (Lipinski definition) is 3. The molecule has 0 saturated carbocycles. The van der Waals surface area contributed by atoms with E-state index in [1.165, 1.54) is 0 Å². The van der Waals surface area contributed by atoms with Gasteiger partial charge in [0.2, 0.25) is 5.91 Å². The molecule has 0 aliphatic rings. The van der Waals surface area contributed by atoms with Gasteiger partial charge in [0.25, 0.3) is 0 Å². The van der Waals surface area contributed by atoms with E-state index in [9.17, 15) is 9.59 Å². The van der Waals surface area contributed by atoms with Gasteiger partial charge in [-0.3, -0.25) is 4.79 Å². The molecule has 5 heteroatoms. The van der Waals surface area contributed by atoms with Crippen molar-refractivity contribution in [2.24, 2.45) is 11.7 Å². The maximum absolute atomic E-state index is 11.6. The summed E-state index contributed by atoms with van der Waals surface area (Å²) in [4.78, 5) is 22.4. The molecule has 1 amide bonds. The minimum Gasteiger partial charge on any atom is -0.478 e. The standard InChI is InChI=1S/C15H22N2O3/c1-11(10-16)5-6-14(18)17-8-7-12-3-2-4-13(9-12)15(19)20/h2-4,9,11H,5-8,10,16H2,1H3,(H,17,18)(H,19,20). The number of benzene rings is 1. The van der Waals surface area contributed by atoms with Crippen LogP contribution in [0.2, 0.25) is 0 Å². The van der Waals surface area contributed by atoms with Crippen LogP contribution in [0.15, 0.2) is 24.3 Å². The van der Waals surface area contributed by atoms with Gasteiger partial charge >= 0.3 is 5.97 Å². The first-order chi connectivity index (χ1) is 9.52. The number of aromatic carboxylic acids is 1. The maximum atomic E-state index is 11.6. The molecule has 5 nitrogen and oxygen atoms in total. The van der Waals surface area contributed by atoms with Gasteiger partial charge in [-0.05, 0) is 43.0 Å². The van der Waals surface area contributed by atoms with Crippen LogP contribution >= 0.6 is 0 Å². The summed E-state index contributed by atoms with van der Waals surface area (Å²) in [5.41, 5.74) is 6.67. The molecule has 0 aliphatic heterocycles. The van der Waals surface area contributed by atoms with Gasteiger partial charge in [-0.2, -0.15) is 0 Å². The van der Waals surface area contributed by atoms with Crippen LogP contribution in [0.4, 0.5) is 0 Å². The summed E-state index contributed by atoms with van der Waals surface area (Å²) in [6.07, 6.45) is 1.89. The van der Waals surface area contributed by atoms with Gasteiger partial charge in [-0.25, -0.2) is 4.79 Å². The third kappa shape index (κ3) is 5.84. The summed E-state index contributed by atoms with van der Waals surface area (Å²) in [5.74, 6) is -0.570. The molecule has 20 heavy (non-hydrogen) atoms. The minimum atomic E-state index is -0.938. The Hall–Kier alpha value is -1.88. The summed E-state index contributed by atoms with van der Waals surface area (Å²) in [6, 6.07) is 6.75. The zero-order chi connectivity index (χ0) is 15.0. The van der Waals surface area contributed by atoms with E-state index >= 15 is 0 Å². The fourth-order valence-electron chi connectivity index (χ4n) is 1.79. The average Bonchev–Trinajstić information content (AvgIpc) is 2.45. The molecule has 1 unspecified atom stereocenters. The molecule has 0 heterocycles. The van der Waals surface area contributed by atoms with Gasteiger partial charge < -0.3 is 16.2 Å². The highest BCUT2D eigenvalue weighted by Crippen LogP contribution is 2.06. The van der Waals surface area contributed by atoms with Crippen molar-refractivity contribution < 1.29 is 14.7 Å². The van der Waals surface area contributed by atoms with Crippen LogP contribution in [0.25, 0.3) is 0 Å². The van der Waals surface area contributed by atoms with Crippen molar-refractivity contribution in [1.82, 2.24) is 5.32 Å². The van der Waals surface area contributed by atoms with Crippen LogP contribution in [0, 0.1) is 5.92 Å². The first-order valence-electron chi connectivity index (χ1n) is 6.82. The number of nitrogens with two attached hydrogens (primary N) is 1. The Morgan fingerprint density at radius 1 is 1.40 bits per heavy atom. The molecule has 0 fully saturated rings. The van der Waals surface area contributed by atoms with Crippen LogP contribution in [-0.2, 0) is 11.2 Å². The Bertz CT molecular complexity index is 460. The molecule has 0 aromatic heterocycles. The second kappa shape index (κ2) is 8.32. The highest BCUT2D eigenvalue weighted by Gasteiger charge is 2.06. The molecule has 1 aromatic rings. The van der Waals surface area contributed by atoms with Crippen LogP contribution < -0.4 is 11.1 Å². The molecule has 4 N–H and O–H groups in total. The van der Waals surface area contributed by atoms with Crippen LogP contribution in [0.1, 0.15) is 35.7 Å². The van der Waals surface area contributed by atoms with E-state index in [1.54, 1.807) is 18.2 Å². The normalized spacial score (nSPS) is 11.9.